The molecule has 0 bridgehead atoms. The second-order valence-corrected chi connectivity index (χ2v) is 16.5. The van der Waals surface area contributed by atoms with Crippen LogP contribution in [0.25, 0.3) is 0 Å². The minimum atomic E-state index is -0.981. The largest absolute Gasteiger partial charge is 0.460 e. The van der Waals surface area contributed by atoms with E-state index in [4.69, 9.17) is 24.7 Å². The van der Waals surface area contributed by atoms with Crippen LogP contribution in [0.2, 0.25) is 0 Å². The number of ketones is 1. The van der Waals surface area contributed by atoms with Crippen LogP contribution in [-0.2, 0) is 28.5 Å². The molecule has 1 aliphatic carbocycles. The van der Waals surface area contributed by atoms with Crippen molar-refractivity contribution < 1.29 is 38.1 Å². The summed E-state index contributed by atoms with van der Waals surface area (Å²) in [7, 11) is 0. The van der Waals surface area contributed by atoms with Gasteiger partial charge >= 0.3 is 18.2 Å². The van der Waals surface area contributed by atoms with Gasteiger partial charge in [0.25, 0.3) is 0 Å². The molecule has 2 amide bonds. The van der Waals surface area contributed by atoms with Gasteiger partial charge < -0.3 is 29.6 Å². The Labute approximate surface area is 287 Å². The van der Waals surface area contributed by atoms with Crippen molar-refractivity contribution in [3.8, 4) is 0 Å². The molecule has 48 heavy (non-hydrogen) atoms. The number of nitrogens with two attached hydrogens (primary N) is 1. The number of nitrogens with zero attached hydrogens (tertiary/aromatic N) is 3. The number of amides is 2. The molecule has 13 heteroatoms. The molecule has 0 aromatic carbocycles. The summed E-state index contributed by atoms with van der Waals surface area (Å²) in [5, 5.41) is 2.62. The Kier molecular flexibility index (Phi) is 13.8. The number of alkyl carbamates (subject to hydrolysis) is 1. The fourth-order valence-corrected chi connectivity index (χ4v) is 6.07. The van der Waals surface area contributed by atoms with Crippen molar-refractivity contribution in [2.24, 2.45) is 22.6 Å². The van der Waals surface area contributed by atoms with Crippen molar-refractivity contribution in [1.82, 2.24) is 15.1 Å². The number of aliphatic imine (C=N–C) groups is 1. The molecule has 3 fully saturated rings. The molecule has 3 atom stereocenters. The first-order valence-electron chi connectivity index (χ1n) is 17.6. The number of piperidine rings is 2. The van der Waals surface area contributed by atoms with Crippen LogP contribution in [0.1, 0.15) is 114 Å². The molecule has 0 unspecified atom stereocenters. The van der Waals surface area contributed by atoms with Gasteiger partial charge in [0.2, 0.25) is 5.96 Å². The number of nitrogens with one attached hydrogen (secondary N) is 1. The summed E-state index contributed by atoms with van der Waals surface area (Å²) < 4.78 is 22.7. The summed E-state index contributed by atoms with van der Waals surface area (Å²) in [6.45, 7) is 18.8. The molecule has 2 saturated heterocycles. The number of carbonyl (C=O) groups is 4. The number of hydrogen-bond donors (Lipinski definition) is 2. The Balaban J connectivity index is 1.69. The summed E-state index contributed by atoms with van der Waals surface area (Å²) in [5.74, 6) is -0.404. The van der Waals surface area contributed by atoms with Crippen LogP contribution in [0, 0.1) is 11.8 Å². The second-order valence-electron chi connectivity index (χ2n) is 16.5. The van der Waals surface area contributed by atoms with Gasteiger partial charge in [0, 0.05) is 25.7 Å². The summed E-state index contributed by atoms with van der Waals surface area (Å²) >= 11 is 0. The van der Waals surface area contributed by atoms with Crippen molar-refractivity contribution in [1.29, 1.82) is 0 Å². The highest BCUT2D eigenvalue weighted by atomic mass is 16.6. The molecule has 274 valence electrons. The van der Waals surface area contributed by atoms with Crippen molar-refractivity contribution in [3.63, 3.8) is 0 Å². The fraction of sp³-hybridized carbons (Fsp3) is 0.857. The van der Waals surface area contributed by atoms with E-state index in [2.05, 4.69) is 15.2 Å². The third-order valence-corrected chi connectivity index (χ3v) is 8.31. The summed E-state index contributed by atoms with van der Waals surface area (Å²) in [6.07, 6.45) is 4.70. The average Bonchev–Trinajstić information content (AvgIpc) is 3.74. The summed E-state index contributed by atoms with van der Waals surface area (Å²) in [5.41, 5.74) is 4.23. The molecule has 3 rings (SSSR count). The highest BCUT2D eigenvalue weighted by Crippen LogP contribution is 2.34. The van der Waals surface area contributed by atoms with E-state index in [1.165, 1.54) is 12.8 Å². The van der Waals surface area contributed by atoms with Gasteiger partial charge in [-0.2, -0.15) is 0 Å². The van der Waals surface area contributed by atoms with Crippen LogP contribution >= 0.6 is 0 Å². The third kappa shape index (κ3) is 14.4. The zero-order valence-corrected chi connectivity index (χ0v) is 30.8. The molecule has 0 radical (unpaired) electrons. The predicted octanol–water partition coefficient (Wildman–Crippen LogP) is 4.79. The Hall–Kier alpha value is -2.77. The van der Waals surface area contributed by atoms with E-state index in [9.17, 15) is 19.2 Å². The Morgan fingerprint density at radius 2 is 1.42 bits per heavy atom. The smallest absolute Gasteiger partial charge is 0.437 e. The SMILES string of the molecule is CC(C)(C)OC(=O)C[C@H](N)C(=O)[C@H](COC1CCN(C(=NC(=O)OC(C)(C)C)NC(=O)OC(C)(C)C)CC1)[C@@H]1CCCCN1CC1CC1. The Bertz CT molecular complexity index is 1140. The van der Waals surface area contributed by atoms with Crippen molar-refractivity contribution in [2.75, 3.05) is 32.8 Å². The zero-order chi connectivity index (χ0) is 35.9. The molecule has 0 aromatic rings. The van der Waals surface area contributed by atoms with E-state index < -0.39 is 46.9 Å². The third-order valence-electron chi connectivity index (χ3n) is 8.31. The van der Waals surface area contributed by atoms with Gasteiger partial charge in [-0.25, -0.2) is 9.59 Å². The molecule has 13 nitrogen and oxygen atoms in total. The summed E-state index contributed by atoms with van der Waals surface area (Å²) in [4.78, 5) is 60.1. The number of ether oxygens (including phenoxy) is 4. The first kappa shape index (κ1) is 39.7. The maximum Gasteiger partial charge on any atom is 0.437 e. The van der Waals surface area contributed by atoms with Crippen molar-refractivity contribution in [3.05, 3.63) is 0 Å². The number of likely N-dealkylation sites (tertiary alicyclic amines) is 2. The Morgan fingerprint density at radius 3 is 1.98 bits per heavy atom. The van der Waals surface area contributed by atoms with E-state index in [0.717, 1.165) is 32.4 Å². The molecular weight excluding hydrogens is 618 g/mol. The number of guanidine groups is 1. The van der Waals surface area contributed by atoms with E-state index in [0.29, 0.717) is 31.8 Å². The van der Waals surface area contributed by atoms with Crippen molar-refractivity contribution in [2.45, 2.75) is 149 Å². The van der Waals surface area contributed by atoms with Crippen LogP contribution in [0.15, 0.2) is 4.99 Å². The van der Waals surface area contributed by atoms with Gasteiger partial charge in [-0.3, -0.25) is 19.8 Å². The quantitative estimate of drug-likeness (QED) is 0.141. The molecule has 2 aliphatic heterocycles. The van der Waals surface area contributed by atoms with Gasteiger partial charge in [0.15, 0.2) is 5.78 Å². The molecule has 0 aromatic heterocycles. The highest BCUT2D eigenvalue weighted by Gasteiger charge is 2.40. The lowest BCUT2D eigenvalue weighted by Gasteiger charge is -2.41. The van der Waals surface area contributed by atoms with E-state index in [-0.39, 0.29) is 36.9 Å². The highest BCUT2D eigenvalue weighted by molar-refractivity contribution is 5.99. The minimum absolute atomic E-state index is 0.00205. The molecular formula is C35H61N5O8. The fourth-order valence-electron chi connectivity index (χ4n) is 6.07. The van der Waals surface area contributed by atoms with Crippen LogP contribution in [0.4, 0.5) is 9.59 Å². The molecule has 1 saturated carbocycles. The standard InChI is InChI=1S/C35H61N5O8/c1-33(2,3)46-28(41)20-26(36)29(42)25(27-12-10-11-17-40(27)21-23-13-14-23)22-45-24-15-18-39(19-16-24)30(37-31(43)47-34(4,5)6)38-32(44)48-35(7,8)9/h23-27H,10-22,36H2,1-9H3,(H,37,38,43,44)/t25-,26+,27+/m1/s1. The van der Waals surface area contributed by atoms with Gasteiger partial charge in [0.05, 0.1) is 31.1 Å². The maximum absolute atomic E-state index is 13.9. The maximum atomic E-state index is 13.9. The minimum Gasteiger partial charge on any atom is -0.460 e. The van der Waals surface area contributed by atoms with Crippen LogP contribution in [0.3, 0.4) is 0 Å². The van der Waals surface area contributed by atoms with E-state index in [1.807, 2.05) is 0 Å². The van der Waals surface area contributed by atoms with Crippen LogP contribution in [0.5, 0.6) is 0 Å². The van der Waals surface area contributed by atoms with E-state index >= 15 is 0 Å². The molecule has 0 spiro atoms. The lowest BCUT2D eigenvalue weighted by Crippen LogP contribution is -2.53. The molecule has 2 heterocycles. The lowest BCUT2D eigenvalue weighted by atomic mass is 9.84. The predicted molar refractivity (Wildman–Crippen MR) is 182 cm³/mol. The zero-order valence-electron chi connectivity index (χ0n) is 30.8. The van der Waals surface area contributed by atoms with Gasteiger partial charge in [0.1, 0.15) is 16.8 Å². The summed E-state index contributed by atoms with van der Waals surface area (Å²) in [6, 6.07) is -0.979. The topological polar surface area (TPSA) is 162 Å². The first-order chi connectivity index (χ1) is 22.2. The van der Waals surface area contributed by atoms with Gasteiger partial charge in [-0.1, -0.05) is 6.42 Å². The number of rotatable bonds is 10. The van der Waals surface area contributed by atoms with Crippen molar-refractivity contribution >= 4 is 29.9 Å². The number of carbonyl (C=O) groups excluding carboxylic acids is 4. The average molecular weight is 680 g/mol. The van der Waals surface area contributed by atoms with E-state index in [1.54, 1.807) is 67.2 Å². The number of hydrogen-bond acceptors (Lipinski definition) is 10. The number of esters is 1. The van der Waals surface area contributed by atoms with Gasteiger partial charge in [-0.05, 0) is 113 Å². The lowest BCUT2D eigenvalue weighted by molar-refractivity contribution is -0.156. The molecule has 3 N–H and O–H groups in total. The van der Waals surface area contributed by atoms with Crippen LogP contribution < -0.4 is 11.1 Å². The normalized spacial score (nSPS) is 21.7. The number of Topliss-reactive ketones (excluding diaryl/α,β-unsaturated/α-hetero) is 1. The van der Waals surface area contributed by atoms with Crippen LogP contribution in [-0.4, -0.2) is 107 Å². The second kappa shape index (κ2) is 16.8. The Morgan fingerprint density at radius 1 is 0.812 bits per heavy atom. The van der Waals surface area contributed by atoms with Gasteiger partial charge in [-0.15, -0.1) is 4.99 Å². The monoisotopic (exact) mass is 679 g/mol. The molecule has 3 aliphatic rings. The first-order valence-corrected chi connectivity index (χ1v) is 17.6.